The predicted molar refractivity (Wildman–Crippen MR) is 71.4 cm³/mol. The third-order valence-electron chi connectivity index (χ3n) is 2.95. The third-order valence-corrected chi connectivity index (χ3v) is 2.95. The van der Waals surface area contributed by atoms with E-state index in [0.717, 1.165) is 0 Å². The fourth-order valence-electron chi connectivity index (χ4n) is 2.01. The number of nitriles is 1. The molecule has 6 heteroatoms. The Kier molecular flexibility index (Phi) is 3.16. The lowest BCUT2D eigenvalue weighted by Gasteiger charge is -2.06. The van der Waals surface area contributed by atoms with Crippen LogP contribution in [0.1, 0.15) is 5.69 Å². The first-order valence-electron chi connectivity index (χ1n) is 6.07. The lowest BCUT2D eigenvalue weighted by atomic mass is 10.1. The molecule has 21 heavy (non-hydrogen) atoms. The smallest absolute Gasteiger partial charge is 0.191 e. The summed E-state index contributed by atoms with van der Waals surface area (Å²) < 4.78 is 27.7. The molecule has 0 radical (unpaired) electrons. The van der Waals surface area contributed by atoms with Gasteiger partial charge in [0.05, 0.1) is 5.69 Å². The lowest BCUT2D eigenvalue weighted by Crippen LogP contribution is -2.00. The Morgan fingerprint density at radius 2 is 1.76 bits per heavy atom. The van der Waals surface area contributed by atoms with E-state index in [1.807, 2.05) is 6.07 Å². The van der Waals surface area contributed by atoms with E-state index in [0.29, 0.717) is 16.9 Å². The molecule has 0 aliphatic heterocycles. The second-order valence-electron chi connectivity index (χ2n) is 4.30. The zero-order valence-electron chi connectivity index (χ0n) is 10.7. The standard InChI is InChI=1S/C15H8F2N4/c16-11-6-4-10(5-7-11)15-14(9-18)19-20-21(15)13-3-1-2-12(17)8-13/h1-8H. The SMILES string of the molecule is N#Cc1nnn(-c2cccc(F)c2)c1-c1ccc(F)cc1. The van der Waals surface area contributed by atoms with E-state index >= 15 is 0 Å². The van der Waals surface area contributed by atoms with Crippen molar-refractivity contribution in [2.45, 2.75) is 0 Å². The van der Waals surface area contributed by atoms with Gasteiger partial charge in [-0.15, -0.1) is 5.10 Å². The highest BCUT2D eigenvalue weighted by atomic mass is 19.1. The third kappa shape index (κ3) is 2.37. The van der Waals surface area contributed by atoms with Crippen LogP contribution in [0.2, 0.25) is 0 Å². The van der Waals surface area contributed by atoms with Crippen LogP contribution >= 0.6 is 0 Å². The van der Waals surface area contributed by atoms with Crippen LogP contribution < -0.4 is 0 Å². The molecule has 0 aliphatic rings. The summed E-state index contributed by atoms with van der Waals surface area (Å²) >= 11 is 0. The van der Waals surface area contributed by atoms with Gasteiger partial charge in [0.25, 0.3) is 0 Å². The van der Waals surface area contributed by atoms with Crippen molar-refractivity contribution in [2.75, 3.05) is 0 Å². The number of halogens is 2. The molecule has 0 unspecified atom stereocenters. The maximum absolute atomic E-state index is 13.4. The minimum Gasteiger partial charge on any atom is -0.211 e. The summed E-state index contributed by atoms with van der Waals surface area (Å²) in [5.41, 5.74) is 1.49. The van der Waals surface area contributed by atoms with E-state index in [1.165, 1.54) is 47.1 Å². The van der Waals surface area contributed by atoms with Crippen molar-refractivity contribution in [1.82, 2.24) is 15.0 Å². The van der Waals surface area contributed by atoms with Gasteiger partial charge in [-0.1, -0.05) is 11.3 Å². The largest absolute Gasteiger partial charge is 0.211 e. The van der Waals surface area contributed by atoms with E-state index in [-0.39, 0.29) is 11.5 Å². The van der Waals surface area contributed by atoms with E-state index < -0.39 is 5.82 Å². The Morgan fingerprint density at radius 1 is 1.00 bits per heavy atom. The van der Waals surface area contributed by atoms with Gasteiger partial charge in [-0.25, -0.2) is 13.5 Å². The van der Waals surface area contributed by atoms with E-state index in [9.17, 15) is 8.78 Å². The highest BCUT2D eigenvalue weighted by Gasteiger charge is 2.16. The summed E-state index contributed by atoms with van der Waals surface area (Å²) in [6.45, 7) is 0. The maximum atomic E-state index is 13.4. The van der Waals surface area contributed by atoms with Crippen LogP contribution in [0, 0.1) is 23.0 Å². The van der Waals surface area contributed by atoms with Gasteiger partial charge in [0.15, 0.2) is 5.69 Å². The molecule has 1 heterocycles. The highest BCUT2D eigenvalue weighted by molar-refractivity contribution is 5.66. The molecule has 0 spiro atoms. The quantitative estimate of drug-likeness (QED) is 0.725. The number of aromatic nitrogens is 3. The molecule has 3 rings (SSSR count). The molecule has 0 fully saturated rings. The van der Waals surface area contributed by atoms with Crippen LogP contribution in [0.5, 0.6) is 0 Å². The van der Waals surface area contributed by atoms with Gasteiger partial charge in [0.1, 0.15) is 23.4 Å². The Labute approximate surface area is 118 Å². The Bertz CT molecular complexity index is 832. The number of nitrogens with zero attached hydrogens (tertiary/aromatic N) is 4. The van der Waals surface area contributed by atoms with Gasteiger partial charge < -0.3 is 0 Å². The highest BCUT2D eigenvalue weighted by Crippen LogP contribution is 2.25. The van der Waals surface area contributed by atoms with Gasteiger partial charge in [-0.2, -0.15) is 5.26 Å². The minimum atomic E-state index is -0.424. The molecule has 102 valence electrons. The number of benzene rings is 2. The summed E-state index contributed by atoms with van der Waals surface area (Å²) in [7, 11) is 0. The molecule has 1 aromatic heterocycles. The van der Waals surface area contributed by atoms with Crippen molar-refractivity contribution in [1.29, 1.82) is 5.26 Å². The Hall–Kier alpha value is -3.07. The fraction of sp³-hybridized carbons (Fsp3) is 0. The predicted octanol–water partition coefficient (Wildman–Crippen LogP) is 3.08. The molecule has 0 saturated carbocycles. The molecule has 3 aromatic rings. The van der Waals surface area contributed by atoms with Crippen LogP contribution in [-0.4, -0.2) is 15.0 Å². The van der Waals surface area contributed by atoms with Crippen LogP contribution in [0.25, 0.3) is 16.9 Å². The van der Waals surface area contributed by atoms with Crippen molar-refractivity contribution in [3.05, 3.63) is 65.9 Å². The molecule has 0 amide bonds. The molecule has 2 aromatic carbocycles. The van der Waals surface area contributed by atoms with E-state index in [2.05, 4.69) is 10.3 Å². The molecule has 0 bridgehead atoms. The average molecular weight is 282 g/mol. The molecular formula is C15H8F2N4. The van der Waals surface area contributed by atoms with Gasteiger partial charge in [-0.3, -0.25) is 0 Å². The Morgan fingerprint density at radius 3 is 2.43 bits per heavy atom. The second-order valence-corrected chi connectivity index (χ2v) is 4.30. The first-order chi connectivity index (χ1) is 10.2. The zero-order valence-corrected chi connectivity index (χ0v) is 10.7. The minimum absolute atomic E-state index is 0.0888. The number of hydrogen-bond donors (Lipinski definition) is 0. The van der Waals surface area contributed by atoms with Gasteiger partial charge in [0.2, 0.25) is 0 Å². The summed E-state index contributed by atoms with van der Waals surface area (Å²) in [6.07, 6.45) is 0. The molecular weight excluding hydrogens is 274 g/mol. The van der Waals surface area contributed by atoms with E-state index in [4.69, 9.17) is 5.26 Å². The molecule has 0 atom stereocenters. The molecule has 0 N–H and O–H groups in total. The monoisotopic (exact) mass is 282 g/mol. The van der Waals surface area contributed by atoms with Gasteiger partial charge in [0, 0.05) is 5.56 Å². The average Bonchev–Trinajstić information content (AvgIpc) is 2.92. The fourth-order valence-corrected chi connectivity index (χ4v) is 2.01. The van der Waals surface area contributed by atoms with Gasteiger partial charge in [-0.05, 0) is 42.5 Å². The summed E-state index contributed by atoms with van der Waals surface area (Å²) in [4.78, 5) is 0. The molecule has 4 nitrogen and oxygen atoms in total. The molecule has 0 aliphatic carbocycles. The topological polar surface area (TPSA) is 54.5 Å². The van der Waals surface area contributed by atoms with Crippen LogP contribution in [0.3, 0.4) is 0 Å². The van der Waals surface area contributed by atoms with Crippen molar-refractivity contribution < 1.29 is 8.78 Å². The van der Waals surface area contributed by atoms with Crippen molar-refractivity contribution >= 4 is 0 Å². The second kappa shape index (κ2) is 5.13. The first-order valence-corrected chi connectivity index (χ1v) is 6.07. The number of hydrogen-bond acceptors (Lipinski definition) is 3. The summed E-state index contributed by atoms with van der Waals surface area (Å²) in [5, 5.41) is 16.8. The Balaban J connectivity index is 2.22. The normalized spacial score (nSPS) is 10.3. The van der Waals surface area contributed by atoms with Crippen molar-refractivity contribution in [3.8, 4) is 23.0 Å². The van der Waals surface area contributed by atoms with Gasteiger partial charge >= 0.3 is 0 Å². The van der Waals surface area contributed by atoms with Crippen molar-refractivity contribution in [3.63, 3.8) is 0 Å². The van der Waals surface area contributed by atoms with Crippen LogP contribution in [-0.2, 0) is 0 Å². The molecule has 0 saturated heterocycles. The van der Waals surface area contributed by atoms with Crippen molar-refractivity contribution in [2.24, 2.45) is 0 Å². The van der Waals surface area contributed by atoms with Crippen LogP contribution in [0.15, 0.2) is 48.5 Å². The zero-order chi connectivity index (χ0) is 14.8. The first kappa shape index (κ1) is 12.9. The lowest BCUT2D eigenvalue weighted by molar-refractivity contribution is 0.625. The number of rotatable bonds is 2. The van der Waals surface area contributed by atoms with E-state index in [1.54, 1.807) is 6.07 Å². The summed E-state index contributed by atoms with van der Waals surface area (Å²) in [6, 6.07) is 13.3. The summed E-state index contributed by atoms with van der Waals surface area (Å²) in [5.74, 6) is -0.811. The maximum Gasteiger partial charge on any atom is 0.191 e. The van der Waals surface area contributed by atoms with Crippen LogP contribution in [0.4, 0.5) is 8.78 Å².